The topological polar surface area (TPSA) is 100 Å². The van der Waals surface area contributed by atoms with Crippen molar-refractivity contribution in [3.05, 3.63) is 47.9 Å². The van der Waals surface area contributed by atoms with E-state index >= 15 is 0 Å². The Bertz CT molecular complexity index is 819. The van der Waals surface area contributed by atoms with E-state index in [0.29, 0.717) is 26.1 Å². The molecule has 2 amide bonds. The van der Waals surface area contributed by atoms with Gasteiger partial charge >= 0.3 is 6.03 Å². The highest BCUT2D eigenvalue weighted by Gasteiger charge is 2.28. The number of hydrogen-bond acceptors (Lipinski definition) is 6. The average molecular weight is 367 g/mol. The minimum Gasteiger partial charge on any atom is -0.497 e. The molecular formula is C19H21N5O3. The normalized spacial score (nSPS) is 15.9. The van der Waals surface area contributed by atoms with Crippen LogP contribution >= 0.6 is 0 Å². The van der Waals surface area contributed by atoms with Crippen molar-refractivity contribution in [3.8, 4) is 17.7 Å². The number of ether oxygens (including phenoxy) is 2. The van der Waals surface area contributed by atoms with Gasteiger partial charge in [0.2, 0.25) is 5.69 Å². The van der Waals surface area contributed by atoms with Crippen LogP contribution in [-0.2, 0) is 6.42 Å². The summed E-state index contributed by atoms with van der Waals surface area (Å²) < 4.78 is 10.9. The second kappa shape index (κ2) is 8.85. The highest BCUT2D eigenvalue weighted by molar-refractivity contribution is 5.74. The summed E-state index contributed by atoms with van der Waals surface area (Å²) in [6, 6.07) is 9.62. The Morgan fingerprint density at radius 2 is 2.11 bits per heavy atom. The molecule has 0 bridgehead atoms. The molecule has 2 aromatic rings. The zero-order valence-electron chi connectivity index (χ0n) is 15.1. The third-order valence-corrected chi connectivity index (χ3v) is 4.33. The number of aromatic nitrogens is 2. The number of carbonyl (C=O) groups excluding carboxylic acids is 1. The minimum atomic E-state index is -0.193. The SMILES string of the molecule is COc1ccc(CCNC(=O)N2CC[C@H](Oc3nccnc3C#N)C2)cc1. The van der Waals surface area contributed by atoms with Gasteiger partial charge in [-0.05, 0) is 24.1 Å². The molecule has 1 aliphatic rings. The Morgan fingerprint density at radius 3 is 2.85 bits per heavy atom. The van der Waals surface area contributed by atoms with E-state index in [9.17, 15) is 4.79 Å². The first kappa shape index (κ1) is 18.5. The summed E-state index contributed by atoms with van der Waals surface area (Å²) in [5.74, 6) is 1.03. The third kappa shape index (κ3) is 4.85. The van der Waals surface area contributed by atoms with Crippen molar-refractivity contribution >= 4 is 6.03 Å². The molecule has 140 valence electrons. The monoisotopic (exact) mass is 367 g/mol. The first-order valence-corrected chi connectivity index (χ1v) is 8.73. The zero-order chi connectivity index (χ0) is 19.1. The van der Waals surface area contributed by atoms with Crippen LogP contribution in [0, 0.1) is 11.3 Å². The van der Waals surface area contributed by atoms with Gasteiger partial charge in [0, 0.05) is 31.9 Å². The second-order valence-corrected chi connectivity index (χ2v) is 6.13. The number of carbonyl (C=O) groups is 1. The van der Waals surface area contributed by atoms with Crippen molar-refractivity contribution in [1.29, 1.82) is 5.26 Å². The van der Waals surface area contributed by atoms with E-state index in [-0.39, 0.29) is 23.7 Å². The van der Waals surface area contributed by atoms with Crippen LogP contribution in [0.1, 0.15) is 17.7 Å². The first-order valence-electron chi connectivity index (χ1n) is 8.73. The number of hydrogen-bond donors (Lipinski definition) is 1. The Balaban J connectivity index is 1.44. The molecule has 1 atom stereocenters. The minimum absolute atomic E-state index is 0.116. The number of benzene rings is 1. The van der Waals surface area contributed by atoms with E-state index < -0.39 is 0 Å². The molecule has 0 saturated carbocycles. The highest BCUT2D eigenvalue weighted by atomic mass is 16.5. The van der Waals surface area contributed by atoms with Crippen molar-refractivity contribution in [2.75, 3.05) is 26.7 Å². The van der Waals surface area contributed by atoms with Crippen LogP contribution in [0.15, 0.2) is 36.7 Å². The number of nitrogens with zero attached hydrogens (tertiary/aromatic N) is 4. The lowest BCUT2D eigenvalue weighted by molar-refractivity contribution is 0.182. The van der Waals surface area contributed by atoms with Crippen LogP contribution < -0.4 is 14.8 Å². The van der Waals surface area contributed by atoms with Gasteiger partial charge in [0.05, 0.1) is 13.7 Å². The first-order chi connectivity index (χ1) is 13.2. The summed E-state index contributed by atoms with van der Waals surface area (Å²) in [6.07, 6.45) is 4.17. The molecule has 1 aliphatic heterocycles. The molecule has 1 aromatic heterocycles. The van der Waals surface area contributed by atoms with E-state index in [4.69, 9.17) is 14.7 Å². The smallest absolute Gasteiger partial charge is 0.317 e. The van der Waals surface area contributed by atoms with Crippen LogP contribution in [0.4, 0.5) is 4.79 Å². The van der Waals surface area contributed by atoms with Gasteiger partial charge in [-0.1, -0.05) is 12.1 Å². The van der Waals surface area contributed by atoms with E-state index in [1.807, 2.05) is 30.3 Å². The third-order valence-electron chi connectivity index (χ3n) is 4.33. The molecule has 0 unspecified atom stereocenters. The summed E-state index contributed by atoms with van der Waals surface area (Å²) in [6.45, 7) is 1.60. The van der Waals surface area contributed by atoms with Crippen LogP contribution in [0.5, 0.6) is 11.6 Å². The molecule has 8 nitrogen and oxygen atoms in total. The predicted molar refractivity (Wildman–Crippen MR) is 97.4 cm³/mol. The van der Waals surface area contributed by atoms with Crippen LogP contribution in [0.2, 0.25) is 0 Å². The molecule has 8 heteroatoms. The lowest BCUT2D eigenvalue weighted by Gasteiger charge is -2.18. The van der Waals surface area contributed by atoms with Crippen molar-refractivity contribution in [2.45, 2.75) is 18.9 Å². The maximum atomic E-state index is 12.3. The molecule has 0 spiro atoms. The molecule has 2 heterocycles. The van der Waals surface area contributed by atoms with Crippen LogP contribution in [0.25, 0.3) is 0 Å². The Hall–Kier alpha value is -3.34. The van der Waals surface area contributed by atoms with Gasteiger partial charge < -0.3 is 19.7 Å². The molecule has 0 radical (unpaired) electrons. The summed E-state index contributed by atoms with van der Waals surface area (Å²) in [7, 11) is 1.63. The number of nitrogens with one attached hydrogen (secondary N) is 1. The molecule has 27 heavy (non-hydrogen) atoms. The number of rotatable bonds is 6. The number of methoxy groups -OCH3 is 1. The molecule has 1 N–H and O–H groups in total. The molecule has 0 aliphatic carbocycles. The number of likely N-dealkylation sites (tertiary alicyclic amines) is 1. The van der Waals surface area contributed by atoms with E-state index in [0.717, 1.165) is 17.7 Å². The van der Waals surface area contributed by atoms with Gasteiger partial charge in [-0.25, -0.2) is 14.8 Å². The maximum Gasteiger partial charge on any atom is 0.317 e. The Kier molecular flexibility index (Phi) is 6.05. The lowest BCUT2D eigenvalue weighted by atomic mass is 10.1. The standard InChI is InChI=1S/C19H21N5O3/c1-26-15-4-2-14(3-5-15)6-8-23-19(25)24-11-7-16(13-24)27-18-17(12-20)21-9-10-22-18/h2-5,9-10,16H,6-8,11,13H2,1H3,(H,23,25)/t16-/m0/s1. The Morgan fingerprint density at radius 1 is 1.33 bits per heavy atom. The highest BCUT2D eigenvalue weighted by Crippen LogP contribution is 2.18. The number of urea groups is 1. The van der Waals surface area contributed by atoms with E-state index in [1.54, 1.807) is 12.0 Å². The van der Waals surface area contributed by atoms with Crippen molar-refractivity contribution < 1.29 is 14.3 Å². The predicted octanol–water partition coefficient (Wildman–Crippen LogP) is 1.76. The van der Waals surface area contributed by atoms with Gasteiger partial charge in [-0.3, -0.25) is 0 Å². The van der Waals surface area contributed by atoms with Crippen LogP contribution in [-0.4, -0.2) is 53.7 Å². The summed E-state index contributed by atoms with van der Waals surface area (Å²) in [5.41, 5.74) is 1.28. The van der Waals surface area contributed by atoms with E-state index in [1.165, 1.54) is 12.4 Å². The van der Waals surface area contributed by atoms with Gasteiger partial charge in [-0.15, -0.1) is 0 Å². The van der Waals surface area contributed by atoms with Crippen molar-refractivity contribution in [3.63, 3.8) is 0 Å². The zero-order valence-corrected chi connectivity index (χ0v) is 15.1. The van der Waals surface area contributed by atoms with Gasteiger partial charge in [0.15, 0.2) is 0 Å². The number of amides is 2. The van der Waals surface area contributed by atoms with Gasteiger partial charge in [0.1, 0.15) is 17.9 Å². The average Bonchev–Trinajstić information content (AvgIpc) is 3.17. The fourth-order valence-electron chi connectivity index (χ4n) is 2.87. The molecule has 1 fully saturated rings. The van der Waals surface area contributed by atoms with E-state index in [2.05, 4.69) is 15.3 Å². The quantitative estimate of drug-likeness (QED) is 0.835. The van der Waals surface area contributed by atoms with Crippen LogP contribution in [0.3, 0.4) is 0 Å². The molecule has 3 rings (SSSR count). The van der Waals surface area contributed by atoms with Crippen molar-refractivity contribution in [2.24, 2.45) is 0 Å². The Labute approximate surface area is 157 Å². The molecule has 1 aromatic carbocycles. The second-order valence-electron chi connectivity index (χ2n) is 6.13. The number of nitriles is 1. The molecular weight excluding hydrogens is 346 g/mol. The summed E-state index contributed by atoms with van der Waals surface area (Å²) in [5, 5.41) is 12.0. The largest absolute Gasteiger partial charge is 0.497 e. The van der Waals surface area contributed by atoms with Crippen molar-refractivity contribution in [1.82, 2.24) is 20.2 Å². The molecule has 1 saturated heterocycles. The lowest BCUT2D eigenvalue weighted by Crippen LogP contribution is -2.40. The maximum absolute atomic E-state index is 12.3. The van der Waals surface area contributed by atoms with Gasteiger partial charge in [0.25, 0.3) is 5.88 Å². The van der Waals surface area contributed by atoms with Gasteiger partial charge in [-0.2, -0.15) is 5.26 Å². The summed E-state index contributed by atoms with van der Waals surface area (Å²) >= 11 is 0. The fraction of sp³-hybridized carbons (Fsp3) is 0.368. The summed E-state index contributed by atoms with van der Waals surface area (Å²) in [4.78, 5) is 22.0. The fourth-order valence-corrected chi connectivity index (χ4v) is 2.87.